The van der Waals surface area contributed by atoms with E-state index in [1.54, 1.807) is 0 Å². The van der Waals surface area contributed by atoms with Crippen LogP contribution in [-0.2, 0) is 6.54 Å². The van der Waals surface area contributed by atoms with Crippen LogP contribution in [0.15, 0.2) is 53.0 Å². The smallest absolute Gasteiger partial charge is 0.0320 e. The zero-order valence-electron chi connectivity index (χ0n) is 11.5. The highest BCUT2D eigenvalue weighted by atomic mass is 79.9. The van der Waals surface area contributed by atoms with Crippen LogP contribution in [0.1, 0.15) is 36.1 Å². The second-order valence-corrected chi connectivity index (χ2v) is 5.74. The minimum atomic E-state index is 0.410. The van der Waals surface area contributed by atoms with Crippen molar-refractivity contribution in [1.82, 2.24) is 5.32 Å². The minimum absolute atomic E-state index is 0.410. The van der Waals surface area contributed by atoms with E-state index >= 15 is 0 Å². The number of benzene rings is 2. The summed E-state index contributed by atoms with van der Waals surface area (Å²) in [6.07, 6.45) is 1.09. The molecule has 0 saturated carbocycles. The third-order valence-electron chi connectivity index (χ3n) is 3.48. The highest BCUT2D eigenvalue weighted by Gasteiger charge is 2.08. The quantitative estimate of drug-likeness (QED) is 0.818. The van der Waals surface area contributed by atoms with E-state index in [-0.39, 0.29) is 0 Å². The molecule has 2 heteroatoms. The van der Waals surface area contributed by atoms with Gasteiger partial charge in [0, 0.05) is 17.1 Å². The molecule has 19 heavy (non-hydrogen) atoms. The molecular formula is C17H20BrN. The van der Waals surface area contributed by atoms with Gasteiger partial charge in [-0.05, 0) is 42.2 Å². The Labute approximate surface area is 124 Å². The maximum Gasteiger partial charge on any atom is 0.0320 e. The van der Waals surface area contributed by atoms with Gasteiger partial charge in [0.2, 0.25) is 0 Å². The monoisotopic (exact) mass is 317 g/mol. The molecule has 0 amide bonds. The van der Waals surface area contributed by atoms with Crippen molar-refractivity contribution in [2.75, 3.05) is 0 Å². The maximum atomic E-state index is 3.65. The minimum Gasteiger partial charge on any atom is -0.306 e. The summed E-state index contributed by atoms with van der Waals surface area (Å²) in [6, 6.07) is 17.5. The Morgan fingerprint density at radius 3 is 2.37 bits per heavy atom. The third kappa shape index (κ3) is 3.92. The molecule has 0 bridgehead atoms. The molecule has 1 N–H and O–H groups in total. The summed E-state index contributed by atoms with van der Waals surface area (Å²) in [4.78, 5) is 0. The zero-order valence-corrected chi connectivity index (χ0v) is 13.1. The fourth-order valence-electron chi connectivity index (χ4n) is 2.23. The summed E-state index contributed by atoms with van der Waals surface area (Å²) < 4.78 is 1.13. The molecule has 0 spiro atoms. The van der Waals surface area contributed by atoms with Crippen molar-refractivity contribution in [3.63, 3.8) is 0 Å². The summed E-state index contributed by atoms with van der Waals surface area (Å²) in [5.41, 5.74) is 4.07. The van der Waals surface area contributed by atoms with E-state index in [1.165, 1.54) is 16.7 Å². The standard InChI is InChI=1S/C17H20BrN/c1-3-17(14-8-10-16(18)11-9-14)19-12-15-7-5-4-6-13(15)2/h4-11,17,19H,3,12H2,1-2H3. The fraction of sp³-hybridized carbons (Fsp3) is 0.294. The zero-order chi connectivity index (χ0) is 13.7. The maximum absolute atomic E-state index is 3.65. The Kier molecular flexibility index (Phi) is 5.17. The van der Waals surface area contributed by atoms with E-state index in [1.807, 2.05) is 0 Å². The van der Waals surface area contributed by atoms with E-state index in [2.05, 4.69) is 83.6 Å². The molecule has 0 aromatic heterocycles. The van der Waals surface area contributed by atoms with Crippen LogP contribution < -0.4 is 5.32 Å². The van der Waals surface area contributed by atoms with Gasteiger partial charge < -0.3 is 5.32 Å². The van der Waals surface area contributed by atoms with E-state index in [4.69, 9.17) is 0 Å². The Morgan fingerprint density at radius 2 is 1.74 bits per heavy atom. The predicted molar refractivity (Wildman–Crippen MR) is 85.2 cm³/mol. The molecule has 0 aliphatic carbocycles. The van der Waals surface area contributed by atoms with Crippen molar-refractivity contribution >= 4 is 15.9 Å². The Morgan fingerprint density at radius 1 is 1.05 bits per heavy atom. The Bertz CT molecular complexity index is 519. The molecule has 0 aliphatic rings. The topological polar surface area (TPSA) is 12.0 Å². The van der Waals surface area contributed by atoms with Crippen LogP contribution in [0, 0.1) is 6.92 Å². The van der Waals surface area contributed by atoms with Crippen LogP contribution in [0.4, 0.5) is 0 Å². The fourth-order valence-corrected chi connectivity index (χ4v) is 2.50. The highest BCUT2D eigenvalue weighted by Crippen LogP contribution is 2.20. The van der Waals surface area contributed by atoms with Gasteiger partial charge in [-0.1, -0.05) is 59.3 Å². The molecule has 0 fully saturated rings. The molecule has 1 unspecified atom stereocenters. The van der Waals surface area contributed by atoms with E-state index < -0.39 is 0 Å². The van der Waals surface area contributed by atoms with E-state index in [0.717, 1.165) is 17.4 Å². The van der Waals surface area contributed by atoms with E-state index in [0.29, 0.717) is 6.04 Å². The van der Waals surface area contributed by atoms with Crippen LogP contribution in [0.5, 0.6) is 0 Å². The van der Waals surface area contributed by atoms with Crippen molar-refractivity contribution in [1.29, 1.82) is 0 Å². The Balaban J connectivity index is 2.04. The lowest BCUT2D eigenvalue weighted by Gasteiger charge is -2.18. The Hall–Kier alpha value is -1.12. The van der Waals surface area contributed by atoms with Crippen LogP contribution >= 0.6 is 15.9 Å². The molecule has 0 saturated heterocycles. The molecule has 0 heterocycles. The van der Waals surface area contributed by atoms with Crippen molar-refractivity contribution in [3.8, 4) is 0 Å². The van der Waals surface area contributed by atoms with Crippen LogP contribution in [0.2, 0.25) is 0 Å². The molecule has 2 rings (SSSR count). The average Bonchev–Trinajstić information content (AvgIpc) is 2.43. The van der Waals surface area contributed by atoms with Gasteiger partial charge in [0.15, 0.2) is 0 Å². The number of hydrogen-bond donors (Lipinski definition) is 1. The van der Waals surface area contributed by atoms with Crippen LogP contribution in [0.25, 0.3) is 0 Å². The summed E-state index contributed by atoms with van der Waals surface area (Å²) in [6.45, 7) is 5.30. The number of rotatable bonds is 5. The lowest BCUT2D eigenvalue weighted by Crippen LogP contribution is -2.20. The summed E-state index contributed by atoms with van der Waals surface area (Å²) >= 11 is 3.48. The van der Waals surface area contributed by atoms with Crippen molar-refractivity contribution in [3.05, 3.63) is 69.7 Å². The number of hydrogen-bond acceptors (Lipinski definition) is 1. The predicted octanol–water partition coefficient (Wildman–Crippen LogP) is 5.00. The molecular weight excluding hydrogens is 298 g/mol. The van der Waals surface area contributed by atoms with Crippen molar-refractivity contribution in [2.24, 2.45) is 0 Å². The number of nitrogens with one attached hydrogen (secondary N) is 1. The van der Waals surface area contributed by atoms with Crippen LogP contribution in [0.3, 0.4) is 0 Å². The molecule has 2 aromatic rings. The molecule has 0 aliphatic heterocycles. The van der Waals surface area contributed by atoms with Crippen molar-refractivity contribution in [2.45, 2.75) is 32.9 Å². The molecule has 1 nitrogen and oxygen atoms in total. The van der Waals surface area contributed by atoms with Gasteiger partial charge in [0.25, 0.3) is 0 Å². The number of halogens is 1. The largest absolute Gasteiger partial charge is 0.306 e. The lowest BCUT2D eigenvalue weighted by molar-refractivity contribution is 0.518. The van der Waals surface area contributed by atoms with Gasteiger partial charge in [0.05, 0.1) is 0 Å². The van der Waals surface area contributed by atoms with E-state index in [9.17, 15) is 0 Å². The normalized spacial score (nSPS) is 12.4. The van der Waals surface area contributed by atoms with Gasteiger partial charge in [0.1, 0.15) is 0 Å². The van der Waals surface area contributed by atoms with Crippen molar-refractivity contribution < 1.29 is 0 Å². The summed E-state index contributed by atoms with van der Waals surface area (Å²) in [5.74, 6) is 0. The molecule has 2 aromatic carbocycles. The lowest BCUT2D eigenvalue weighted by atomic mass is 10.0. The van der Waals surface area contributed by atoms with Crippen LogP contribution in [-0.4, -0.2) is 0 Å². The second kappa shape index (κ2) is 6.88. The first kappa shape index (κ1) is 14.3. The van der Waals surface area contributed by atoms with Gasteiger partial charge in [-0.3, -0.25) is 0 Å². The first-order valence-electron chi connectivity index (χ1n) is 6.74. The molecule has 100 valence electrons. The van der Waals surface area contributed by atoms with Gasteiger partial charge >= 0.3 is 0 Å². The first-order valence-corrected chi connectivity index (χ1v) is 7.53. The third-order valence-corrected chi connectivity index (χ3v) is 4.01. The van der Waals surface area contributed by atoms with Gasteiger partial charge in [-0.15, -0.1) is 0 Å². The molecule has 1 atom stereocenters. The second-order valence-electron chi connectivity index (χ2n) is 4.82. The van der Waals surface area contributed by atoms with Gasteiger partial charge in [-0.25, -0.2) is 0 Å². The summed E-state index contributed by atoms with van der Waals surface area (Å²) in [5, 5.41) is 3.65. The summed E-state index contributed by atoms with van der Waals surface area (Å²) in [7, 11) is 0. The molecule has 0 radical (unpaired) electrons. The number of aryl methyl sites for hydroxylation is 1. The highest BCUT2D eigenvalue weighted by molar-refractivity contribution is 9.10. The first-order chi connectivity index (χ1) is 9.20. The average molecular weight is 318 g/mol. The van der Waals surface area contributed by atoms with Gasteiger partial charge in [-0.2, -0.15) is 0 Å². The SMILES string of the molecule is CCC(NCc1ccccc1C)c1ccc(Br)cc1.